The number of benzene rings is 2. The van der Waals surface area contributed by atoms with Crippen LogP contribution in [0.15, 0.2) is 42.5 Å². The number of nitrogens with one attached hydrogen (secondary N) is 1. The van der Waals surface area contributed by atoms with Crippen LogP contribution in [0.1, 0.15) is 38.3 Å². The normalized spacial score (nSPS) is 17.9. The van der Waals surface area contributed by atoms with E-state index in [2.05, 4.69) is 5.32 Å². The Hall–Kier alpha value is -3.32. The number of amides is 2. The zero-order valence-corrected chi connectivity index (χ0v) is 15.9. The highest BCUT2D eigenvalue weighted by molar-refractivity contribution is 6.30. The summed E-state index contributed by atoms with van der Waals surface area (Å²) in [5.41, 5.74) is 1.46. The van der Waals surface area contributed by atoms with E-state index in [-0.39, 0.29) is 40.9 Å². The van der Waals surface area contributed by atoms with Crippen molar-refractivity contribution in [3.8, 4) is 0 Å². The Morgan fingerprint density at radius 3 is 2.45 bits per heavy atom. The molecule has 0 radical (unpaired) electrons. The average molecular weight is 392 g/mol. The van der Waals surface area contributed by atoms with E-state index in [1.54, 1.807) is 54.5 Å². The number of rotatable bonds is 5. The van der Waals surface area contributed by atoms with Crippen molar-refractivity contribution >= 4 is 29.1 Å². The molecule has 1 atom stereocenters. The van der Waals surface area contributed by atoms with E-state index in [9.17, 15) is 19.2 Å². The number of likely N-dealkylation sites (tertiary alicyclic amines) is 1. The SMILES string of the molecule is COCCN1CC(C(=O)Nc2cccc3c2C(=O)c2ccccc2C3=O)CC1=O. The molecule has 1 fully saturated rings. The van der Waals surface area contributed by atoms with Crippen LogP contribution in [-0.2, 0) is 14.3 Å². The molecule has 148 valence electrons. The van der Waals surface area contributed by atoms with Gasteiger partial charge in [-0.25, -0.2) is 0 Å². The van der Waals surface area contributed by atoms with Gasteiger partial charge in [0.15, 0.2) is 11.6 Å². The molecule has 4 rings (SSSR count). The molecular formula is C22H20N2O5. The van der Waals surface area contributed by atoms with E-state index in [4.69, 9.17) is 4.74 Å². The zero-order valence-electron chi connectivity index (χ0n) is 15.9. The molecule has 1 heterocycles. The number of carbonyl (C=O) groups excluding carboxylic acids is 4. The molecule has 7 heteroatoms. The highest BCUT2D eigenvalue weighted by Gasteiger charge is 2.36. The first kappa shape index (κ1) is 19.0. The third kappa shape index (κ3) is 3.34. The molecule has 0 aromatic heterocycles. The van der Waals surface area contributed by atoms with E-state index in [1.165, 1.54) is 0 Å². The minimum absolute atomic E-state index is 0.0996. The van der Waals surface area contributed by atoms with Crippen molar-refractivity contribution in [1.82, 2.24) is 4.90 Å². The largest absolute Gasteiger partial charge is 0.383 e. The first-order chi connectivity index (χ1) is 14.0. The minimum atomic E-state index is -0.517. The van der Waals surface area contributed by atoms with Crippen LogP contribution in [-0.4, -0.2) is 55.1 Å². The summed E-state index contributed by atoms with van der Waals surface area (Å²) in [7, 11) is 1.56. The Labute approximate surface area is 167 Å². The number of hydrogen-bond acceptors (Lipinski definition) is 5. The molecule has 2 aromatic carbocycles. The van der Waals surface area contributed by atoms with Gasteiger partial charge >= 0.3 is 0 Å². The molecule has 1 unspecified atom stereocenters. The smallest absolute Gasteiger partial charge is 0.229 e. The molecule has 2 aromatic rings. The fraction of sp³-hybridized carbons (Fsp3) is 0.273. The van der Waals surface area contributed by atoms with Crippen molar-refractivity contribution in [3.05, 3.63) is 64.7 Å². The Kier molecular flexibility index (Phi) is 4.98. The Morgan fingerprint density at radius 1 is 1.03 bits per heavy atom. The van der Waals surface area contributed by atoms with Gasteiger partial charge in [0.25, 0.3) is 0 Å². The third-order valence-corrected chi connectivity index (χ3v) is 5.36. The summed E-state index contributed by atoms with van der Waals surface area (Å²) >= 11 is 0. The summed E-state index contributed by atoms with van der Waals surface area (Å²) in [4.78, 5) is 52.3. The Balaban J connectivity index is 1.59. The number of ketones is 2. The van der Waals surface area contributed by atoms with Crippen molar-refractivity contribution in [2.45, 2.75) is 6.42 Å². The summed E-state index contributed by atoms with van der Waals surface area (Å²) in [6.07, 6.45) is 0.111. The number of anilines is 1. The van der Waals surface area contributed by atoms with Crippen molar-refractivity contribution in [2.24, 2.45) is 5.92 Å². The molecule has 0 saturated carbocycles. The lowest BCUT2D eigenvalue weighted by Crippen LogP contribution is -2.31. The number of methoxy groups -OCH3 is 1. The van der Waals surface area contributed by atoms with Crippen LogP contribution in [0.4, 0.5) is 5.69 Å². The summed E-state index contributed by atoms with van der Waals surface area (Å²) in [5.74, 6) is -1.50. The molecule has 7 nitrogen and oxygen atoms in total. The lowest BCUT2D eigenvalue weighted by Gasteiger charge is -2.21. The Bertz CT molecular complexity index is 1030. The predicted molar refractivity (Wildman–Crippen MR) is 105 cm³/mol. The second-order valence-electron chi connectivity index (χ2n) is 7.15. The number of fused-ring (bicyclic) bond motifs is 2. The second-order valence-corrected chi connectivity index (χ2v) is 7.15. The molecule has 0 bridgehead atoms. The van der Waals surface area contributed by atoms with E-state index >= 15 is 0 Å². The standard InChI is InChI=1S/C22H20N2O5/c1-29-10-9-24-12-13(11-18(24)25)22(28)23-17-8-4-7-16-19(17)21(27)15-6-3-2-5-14(15)20(16)26/h2-8,13H,9-12H2,1H3,(H,23,28). The van der Waals surface area contributed by atoms with E-state index < -0.39 is 5.92 Å². The molecule has 29 heavy (non-hydrogen) atoms. The average Bonchev–Trinajstić information content (AvgIpc) is 3.11. The van der Waals surface area contributed by atoms with E-state index in [0.717, 1.165) is 0 Å². The number of nitrogens with zero attached hydrogens (tertiary/aromatic N) is 1. The van der Waals surface area contributed by atoms with Crippen LogP contribution in [0.3, 0.4) is 0 Å². The molecule has 2 aliphatic rings. The predicted octanol–water partition coefficient (Wildman–Crippen LogP) is 1.90. The van der Waals surface area contributed by atoms with Gasteiger partial charge in [0.1, 0.15) is 0 Å². The van der Waals surface area contributed by atoms with Gasteiger partial charge < -0.3 is 15.0 Å². The number of hydrogen-bond donors (Lipinski definition) is 1. The third-order valence-electron chi connectivity index (χ3n) is 5.36. The molecule has 1 saturated heterocycles. The first-order valence-corrected chi connectivity index (χ1v) is 9.40. The van der Waals surface area contributed by atoms with Gasteiger partial charge in [-0.2, -0.15) is 0 Å². The van der Waals surface area contributed by atoms with Crippen LogP contribution >= 0.6 is 0 Å². The lowest BCUT2D eigenvalue weighted by molar-refractivity contribution is -0.128. The summed E-state index contributed by atoms with van der Waals surface area (Å²) in [6.45, 7) is 1.14. The van der Waals surface area contributed by atoms with Crippen LogP contribution in [0.25, 0.3) is 0 Å². The topological polar surface area (TPSA) is 92.8 Å². The van der Waals surface area contributed by atoms with Crippen LogP contribution in [0, 0.1) is 5.92 Å². The van der Waals surface area contributed by atoms with Crippen molar-refractivity contribution in [1.29, 1.82) is 0 Å². The van der Waals surface area contributed by atoms with E-state index in [1.807, 2.05) is 0 Å². The fourth-order valence-electron chi connectivity index (χ4n) is 3.85. The van der Waals surface area contributed by atoms with Crippen molar-refractivity contribution < 1.29 is 23.9 Å². The first-order valence-electron chi connectivity index (χ1n) is 9.40. The summed E-state index contributed by atoms with van der Waals surface area (Å²) in [6, 6.07) is 11.5. The van der Waals surface area contributed by atoms with Gasteiger partial charge in [-0.15, -0.1) is 0 Å². The zero-order chi connectivity index (χ0) is 20.5. The number of carbonyl (C=O) groups is 4. The van der Waals surface area contributed by atoms with Gasteiger partial charge in [-0.3, -0.25) is 19.2 Å². The minimum Gasteiger partial charge on any atom is -0.383 e. The Morgan fingerprint density at radius 2 is 1.72 bits per heavy atom. The maximum Gasteiger partial charge on any atom is 0.229 e. The van der Waals surface area contributed by atoms with Crippen molar-refractivity contribution in [3.63, 3.8) is 0 Å². The quantitative estimate of drug-likeness (QED) is 0.716. The van der Waals surface area contributed by atoms with Crippen LogP contribution < -0.4 is 5.32 Å². The molecule has 1 aliphatic carbocycles. The van der Waals surface area contributed by atoms with Gasteiger partial charge in [0.2, 0.25) is 11.8 Å². The highest BCUT2D eigenvalue weighted by atomic mass is 16.5. The number of ether oxygens (including phenoxy) is 1. The summed E-state index contributed by atoms with van der Waals surface area (Å²) in [5, 5.41) is 2.77. The van der Waals surface area contributed by atoms with Crippen molar-refractivity contribution in [2.75, 3.05) is 32.1 Å². The maximum atomic E-state index is 13.0. The van der Waals surface area contributed by atoms with Crippen LogP contribution in [0.2, 0.25) is 0 Å². The second kappa shape index (κ2) is 7.60. The van der Waals surface area contributed by atoms with Gasteiger partial charge in [0, 0.05) is 43.3 Å². The summed E-state index contributed by atoms with van der Waals surface area (Å²) < 4.78 is 4.99. The van der Waals surface area contributed by atoms with E-state index in [0.29, 0.717) is 36.5 Å². The molecular weight excluding hydrogens is 372 g/mol. The molecule has 1 N–H and O–H groups in total. The van der Waals surface area contributed by atoms with Gasteiger partial charge in [0.05, 0.1) is 23.8 Å². The highest BCUT2D eigenvalue weighted by Crippen LogP contribution is 2.32. The molecule has 0 spiro atoms. The monoisotopic (exact) mass is 392 g/mol. The molecule has 1 aliphatic heterocycles. The lowest BCUT2D eigenvalue weighted by atomic mass is 9.83. The maximum absolute atomic E-state index is 13.0. The van der Waals surface area contributed by atoms with Gasteiger partial charge in [-0.05, 0) is 6.07 Å². The van der Waals surface area contributed by atoms with Gasteiger partial charge in [-0.1, -0.05) is 36.4 Å². The van der Waals surface area contributed by atoms with Crippen LogP contribution in [0.5, 0.6) is 0 Å². The molecule has 2 amide bonds. The fourth-order valence-corrected chi connectivity index (χ4v) is 3.85.